The fourth-order valence-electron chi connectivity index (χ4n) is 1.69. The molecule has 1 aromatic rings. The van der Waals surface area contributed by atoms with Crippen LogP contribution >= 0.6 is 0 Å². The topological polar surface area (TPSA) is 46.2 Å². The van der Waals surface area contributed by atoms with Crippen LogP contribution in [0.5, 0.6) is 0 Å². The van der Waals surface area contributed by atoms with E-state index in [2.05, 4.69) is 13.8 Å². The summed E-state index contributed by atoms with van der Waals surface area (Å²) in [6.45, 7) is 4.07. The minimum atomic E-state index is -4.72. The van der Waals surface area contributed by atoms with Gasteiger partial charge in [-0.15, -0.1) is 0 Å². The lowest BCUT2D eigenvalue weighted by Crippen LogP contribution is -2.34. The minimum Gasteiger partial charge on any atom is -0.215 e. The lowest BCUT2D eigenvalue weighted by atomic mass is 10.0. The quantitative estimate of drug-likeness (QED) is 0.878. The summed E-state index contributed by atoms with van der Waals surface area (Å²) in [5.41, 5.74) is 2.04. The highest BCUT2D eigenvalue weighted by Gasteiger charge is 2.34. The molecule has 20 heavy (non-hydrogen) atoms. The van der Waals surface area contributed by atoms with Gasteiger partial charge in [0.25, 0.3) is 0 Å². The molecule has 0 unspecified atom stereocenters. The Kier molecular flexibility index (Phi) is 5.59. The van der Waals surface area contributed by atoms with E-state index >= 15 is 0 Å². The van der Waals surface area contributed by atoms with Gasteiger partial charge in [0.15, 0.2) is 5.75 Å². The zero-order valence-electron chi connectivity index (χ0n) is 11.4. The van der Waals surface area contributed by atoms with E-state index in [-0.39, 0.29) is 6.54 Å². The summed E-state index contributed by atoms with van der Waals surface area (Å²) in [5.74, 6) is -1.44. The molecule has 114 valence electrons. The van der Waals surface area contributed by atoms with Gasteiger partial charge in [0.2, 0.25) is 10.0 Å². The Labute approximate surface area is 117 Å². The first kappa shape index (κ1) is 17.0. The van der Waals surface area contributed by atoms with Crippen molar-refractivity contribution in [3.8, 4) is 0 Å². The molecule has 7 heteroatoms. The average Bonchev–Trinajstić information content (AvgIpc) is 2.26. The van der Waals surface area contributed by atoms with Gasteiger partial charge in [0.05, 0.1) is 0 Å². The summed E-state index contributed by atoms with van der Waals surface area (Å²) >= 11 is 0. The van der Waals surface area contributed by atoms with Crippen molar-refractivity contribution in [2.75, 3.05) is 12.3 Å². The molecular formula is C13H18F3NO2S. The van der Waals surface area contributed by atoms with Crippen LogP contribution in [-0.4, -0.2) is 26.9 Å². The maximum atomic E-state index is 12.0. The van der Waals surface area contributed by atoms with E-state index in [9.17, 15) is 21.6 Å². The first-order valence-electron chi connectivity index (χ1n) is 6.22. The minimum absolute atomic E-state index is 0.0422. The van der Waals surface area contributed by atoms with E-state index in [1.54, 1.807) is 0 Å². The monoisotopic (exact) mass is 309 g/mol. The van der Waals surface area contributed by atoms with Crippen LogP contribution in [0.25, 0.3) is 0 Å². The van der Waals surface area contributed by atoms with E-state index in [1.807, 2.05) is 29.0 Å². The molecule has 0 aliphatic carbocycles. The Bertz CT molecular complexity index is 522. The number of benzene rings is 1. The molecule has 0 radical (unpaired) electrons. The first-order chi connectivity index (χ1) is 9.09. The Hall–Kier alpha value is -1.08. The zero-order chi connectivity index (χ0) is 15.4. The average molecular weight is 309 g/mol. The fraction of sp³-hybridized carbons (Fsp3) is 0.538. The third-order valence-electron chi connectivity index (χ3n) is 2.74. The predicted molar refractivity (Wildman–Crippen MR) is 72.1 cm³/mol. The lowest BCUT2D eigenvalue weighted by molar-refractivity contribution is -0.106. The Morgan fingerprint density at radius 2 is 1.70 bits per heavy atom. The van der Waals surface area contributed by atoms with Crippen LogP contribution in [0.15, 0.2) is 24.3 Å². The van der Waals surface area contributed by atoms with E-state index in [0.29, 0.717) is 12.3 Å². The second-order valence-electron chi connectivity index (χ2n) is 4.91. The molecule has 0 aliphatic rings. The summed E-state index contributed by atoms with van der Waals surface area (Å²) in [4.78, 5) is 0. The number of hydrogen-bond acceptors (Lipinski definition) is 2. The maximum Gasteiger partial charge on any atom is 0.404 e. The van der Waals surface area contributed by atoms with Crippen molar-refractivity contribution in [3.63, 3.8) is 0 Å². The van der Waals surface area contributed by atoms with Crippen LogP contribution in [0, 0.1) is 0 Å². The number of nitrogens with one attached hydrogen (secondary N) is 1. The molecule has 0 saturated carbocycles. The predicted octanol–water partition coefficient (Wildman–Crippen LogP) is 2.83. The number of halogens is 3. The summed E-state index contributed by atoms with van der Waals surface area (Å²) in [6.07, 6.45) is -4.36. The van der Waals surface area contributed by atoms with Gasteiger partial charge in [0, 0.05) is 6.54 Å². The van der Waals surface area contributed by atoms with Crippen molar-refractivity contribution in [1.82, 2.24) is 4.72 Å². The zero-order valence-corrected chi connectivity index (χ0v) is 12.2. The van der Waals surface area contributed by atoms with Gasteiger partial charge in [-0.2, -0.15) is 13.2 Å². The number of rotatable bonds is 6. The molecular weight excluding hydrogens is 291 g/mol. The second kappa shape index (κ2) is 6.58. The van der Waals surface area contributed by atoms with Crippen molar-refractivity contribution in [3.05, 3.63) is 35.4 Å². The van der Waals surface area contributed by atoms with Crippen molar-refractivity contribution in [1.29, 1.82) is 0 Å². The first-order valence-corrected chi connectivity index (χ1v) is 7.87. The molecule has 0 saturated heterocycles. The van der Waals surface area contributed by atoms with E-state index in [4.69, 9.17) is 0 Å². The SMILES string of the molecule is CC(C)c1ccc(CCNS(=O)(=O)CC(F)(F)F)cc1. The summed E-state index contributed by atoms with van der Waals surface area (Å²) in [5, 5.41) is 0. The highest BCUT2D eigenvalue weighted by Crippen LogP contribution is 2.17. The molecule has 0 aliphatic heterocycles. The van der Waals surface area contributed by atoms with Gasteiger partial charge in [-0.25, -0.2) is 13.1 Å². The normalized spacial score (nSPS) is 12.9. The third-order valence-corrected chi connectivity index (χ3v) is 4.09. The molecule has 0 amide bonds. The van der Waals surface area contributed by atoms with Crippen LogP contribution in [0.4, 0.5) is 13.2 Å². The summed E-state index contributed by atoms with van der Waals surface area (Å²) in [7, 11) is -4.31. The van der Waals surface area contributed by atoms with Crippen molar-refractivity contribution < 1.29 is 21.6 Å². The van der Waals surface area contributed by atoms with E-state index in [0.717, 1.165) is 11.1 Å². The summed E-state index contributed by atoms with van der Waals surface area (Å²) in [6, 6.07) is 7.58. The number of sulfonamides is 1. The largest absolute Gasteiger partial charge is 0.404 e. The van der Waals surface area contributed by atoms with Gasteiger partial charge < -0.3 is 0 Å². The molecule has 0 aromatic heterocycles. The summed E-state index contributed by atoms with van der Waals surface area (Å²) < 4.78 is 60.3. The molecule has 0 atom stereocenters. The van der Waals surface area contributed by atoms with E-state index in [1.165, 1.54) is 0 Å². The highest BCUT2D eigenvalue weighted by atomic mass is 32.2. The van der Waals surface area contributed by atoms with Crippen LogP contribution in [0.1, 0.15) is 30.9 Å². The van der Waals surface area contributed by atoms with Crippen LogP contribution < -0.4 is 4.72 Å². The molecule has 0 spiro atoms. The molecule has 0 bridgehead atoms. The van der Waals surface area contributed by atoms with Gasteiger partial charge in [-0.05, 0) is 23.5 Å². The Morgan fingerprint density at radius 3 is 2.15 bits per heavy atom. The molecule has 0 heterocycles. The lowest BCUT2D eigenvalue weighted by Gasteiger charge is -2.10. The van der Waals surface area contributed by atoms with Crippen LogP contribution in [-0.2, 0) is 16.4 Å². The number of alkyl halides is 3. The van der Waals surface area contributed by atoms with Crippen molar-refractivity contribution in [2.45, 2.75) is 32.4 Å². The Morgan fingerprint density at radius 1 is 1.15 bits per heavy atom. The van der Waals surface area contributed by atoms with E-state index < -0.39 is 22.0 Å². The Balaban J connectivity index is 2.48. The third kappa shape index (κ3) is 6.38. The molecule has 1 rings (SSSR count). The highest BCUT2D eigenvalue weighted by molar-refractivity contribution is 7.89. The fourth-order valence-corrected chi connectivity index (χ4v) is 2.63. The molecule has 1 N–H and O–H groups in total. The number of hydrogen-bond donors (Lipinski definition) is 1. The standard InChI is InChI=1S/C13H18F3NO2S/c1-10(2)12-5-3-11(4-6-12)7-8-17-20(18,19)9-13(14,15)16/h3-6,10,17H,7-9H2,1-2H3. The van der Waals surface area contributed by atoms with Crippen LogP contribution in [0.3, 0.4) is 0 Å². The van der Waals surface area contributed by atoms with Gasteiger partial charge >= 0.3 is 6.18 Å². The van der Waals surface area contributed by atoms with Crippen molar-refractivity contribution in [2.24, 2.45) is 0 Å². The molecule has 3 nitrogen and oxygen atoms in total. The second-order valence-corrected chi connectivity index (χ2v) is 6.72. The molecule has 1 aromatic carbocycles. The smallest absolute Gasteiger partial charge is 0.215 e. The maximum absolute atomic E-state index is 12.0. The van der Waals surface area contributed by atoms with Crippen LogP contribution in [0.2, 0.25) is 0 Å². The van der Waals surface area contributed by atoms with Crippen molar-refractivity contribution >= 4 is 10.0 Å². The van der Waals surface area contributed by atoms with Gasteiger partial charge in [-0.1, -0.05) is 38.1 Å². The molecule has 0 fully saturated rings. The van der Waals surface area contributed by atoms with Gasteiger partial charge in [-0.3, -0.25) is 0 Å². The van der Waals surface area contributed by atoms with Gasteiger partial charge in [0.1, 0.15) is 0 Å².